The lowest BCUT2D eigenvalue weighted by atomic mass is 10.0. The second kappa shape index (κ2) is 8.84. The molecule has 1 amide bonds. The normalized spacial score (nSPS) is 14.9. The highest BCUT2D eigenvalue weighted by atomic mass is 35.5. The van der Waals surface area contributed by atoms with E-state index >= 15 is 0 Å². The minimum absolute atomic E-state index is 0.146. The van der Waals surface area contributed by atoms with Crippen molar-refractivity contribution in [3.05, 3.63) is 34.9 Å². The molecule has 0 spiro atoms. The van der Waals surface area contributed by atoms with Crippen LogP contribution < -0.4 is 5.32 Å². The first kappa shape index (κ1) is 24.5. The van der Waals surface area contributed by atoms with Crippen molar-refractivity contribution in [1.82, 2.24) is 5.32 Å². The summed E-state index contributed by atoms with van der Waals surface area (Å²) in [6.07, 6.45) is -1.69. The van der Waals surface area contributed by atoms with Gasteiger partial charge in [0.05, 0.1) is 0 Å². The summed E-state index contributed by atoms with van der Waals surface area (Å²) in [5.74, 6) is -1.20. The van der Waals surface area contributed by atoms with Crippen LogP contribution in [0, 0.1) is 0 Å². The minimum atomic E-state index is -2.36. The van der Waals surface area contributed by atoms with Crippen molar-refractivity contribution in [2.45, 2.75) is 77.4 Å². The van der Waals surface area contributed by atoms with Crippen LogP contribution in [-0.2, 0) is 14.0 Å². The monoisotopic (exact) mass is 429 g/mol. The van der Waals surface area contributed by atoms with E-state index in [1.165, 1.54) is 0 Å². The minimum Gasteiger partial charge on any atom is -0.480 e. The first-order valence-corrected chi connectivity index (χ1v) is 12.5. The Bertz CT molecular complexity index is 692. The molecule has 0 fully saturated rings. The molecule has 0 aliphatic carbocycles. The fourth-order valence-corrected chi connectivity index (χ4v) is 3.56. The first-order chi connectivity index (χ1) is 12.5. The average molecular weight is 430 g/mol. The zero-order valence-corrected chi connectivity index (χ0v) is 19.7. The van der Waals surface area contributed by atoms with Crippen LogP contribution in [0.1, 0.15) is 53.2 Å². The molecule has 0 saturated heterocycles. The van der Waals surface area contributed by atoms with Crippen LogP contribution in [0.4, 0.5) is 4.79 Å². The third-order valence-corrected chi connectivity index (χ3v) is 9.37. The molecule has 0 radical (unpaired) electrons. The van der Waals surface area contributed by atoms with Crippen LogP contribution in [0.5, 0.6) is 0 Å². The molecule has 0 aliphatic heterocycles. The number of ether oxygens (including phenoxy) is 1. The number of nitrogens with one attached hydrogen (secondary N) is 1. The summed E-state index contributed by atoms with van der Waals surface area (Å²) in [4.78, 5) is 24.3. The summed E-state index contributed by atoms with van der Waals surface area (Å²) < 4.78 is 11.7. The molecule has 2 atom stereocenters. The number of carboxylic acid groups (broad SMARTS) is 1. The maximum atomic E-state index is 12.3. The molecule has 0 aliphatic rings. The summed E-state index contributed by atoms with van der Waals surface area (Å²) in [6.45, 7) is 15.4. The molecule has 2 N–H and O–H groups in total. The summed E-state index contributed by atoms with van der Waals surface area (Å²) >= 11 is 5.98. The number of carbonyl (C=O) groups excluding carboxylic acids is 1. The number of amides is 1. The summed E-state index contributed by atoms with van der Waals surface area (Å²) in [5, 5.41) is 12.7. The number of hydrogen-bond acceptors (Lipinski definition) is 4. The Balaban J connectivity index is 3.30. The molecule has 0 heterocycles. The molecule has 28 heavy (non-hydrogen) atoms. The van der Waals surface area contributed by atoms with Crippen molar-refractivity contribution < 1.29 is 23.9 Å². The Labute approximate surface area is 173 Å². The fourth-order valence-electron chi connectivity index (χ4n) is 2.18. The number of aliphatic carboxylic acids is 1. The van der Waals surface area contributed by atoms with Crippen molar-refractivity contribution in [2.75, 3.05) is 0 Å². The lowest BCUT2D eigenvalue weighted by molar-refractivity contribution is -0.142. The van der Waals surface area contributed by atoms with Gasteiger partial charge in [0.2, 0.25) is 0 Å². The highest BCUT2D eigenvalue weighted by Gasteiger charge is 2.43. The third kappa shape index (κ3) is 7.11. The van der Waals surface area contributed by atoms with Gasteiger partial charge in [-0.3, -0.25) is 0 Å². The number of carbonyl (C=O) groups is 2. The highest BCUT2D eigenvalue weighted by Crippen LogP contribution is 2.40. The van der Waals surface area contributed by atoms with Gasteiger partial charge in [0, 0.05) is 5.02 Å². The van der Waals surface area contributed by atoms with Crippen LogP contribution in [0.3, 0.4) is 0 Å². The van der Waals surface area contributed by atoms with E-state index in [0.717, 1.165) is 0 Å². The van der Waals surface area contributed by atoms with Crippen molar-refractivity contribution in [1.29, 1.82) is 0 Å². The predicted octanol–water partition coefficient (Wildman–Crippen LogP) is 5.38. The number of carboxylic acids is 1. The second-order valence-electron chi connectivity index (χ2n) is 9.31. The van der Waals surface area contributed by atoms with E-state index in [-0.39, 0.29) is 5.04 Å². The van der Waals surface area contributed by atoms with Crippen LogP contribution in [0.2, 0.25) is 23.2 Å². The van der Waals surface area contributed by atoms with Gasteiger partial charge < -0.3 is 19.6 Å². The lowest BCUT2D eigenvalue weighted by Gasteiger charge is -2.41. The van der Waals surface area contributed by atoms with E-state index in [4.69, 9.17) is 20.8 Å². The Hall–Kier alpha value is -1.57. The van der Waals surface area contributed by atoms with E-state index in [1.807, 2.05) is 13.1 Å². The van der Waals surface area contributed by atoms with Crippen molar-refractivity contribution >= 4 is 32.0 Å². The highest BCUT2D eigenvalue weighted by molar-refractivity contribution is 6.74. The van der Waals surface area contributed by atoms with E-state index in [2.05, 4.69) is 26.1 Å². The maximum Gasteiger partial charge on any atom is 0.408 e. The summed E-state index contributed by atoms with van der Waals surface area (Å²) in [6, 6.07) is 5.46. The molecule has 1 aromatic rings. The van der Waals surface area contributed by atoms with Crippen LogP contribution in [-0.4, -0.2) is 37.1 Å². The molecular formula is C20H32ClNO5Si. The molecule has 2 unspecified atom stereocenters. The van der Waals surface area contributed by atoms with Crippen LogP contribution >= 0.6 is 11.6 Å². The van der Waals surface area contributed by atoms with Crippen molar-refractivity contribution in [3.63, 3.8) is 0 Å². The molecular weight excluding hydrogens is 398 g/mol. The lowest BCUT2D eigenvalue weighted by Crippen LogP contribution is -2.51. The van der Waals surface area contributed by atoms with E-state index in [9.17, 15) is 14.7 Å². The van der Waals surface area contributed by atoms with Gasteiger partial charge in [-0.2, -0.15) is 0 Å². The van der Waals surface area contributed by atoms with Crippen LogP contribution in [0.15, 0.2) is 24.3 Å². The average Bonchev–Trinajstić information content (AvgIpc) is 2.48. The van der Waals surface area contributed by atoms with Gasteiger partial charge >= 0.3 is 12.1 Å². The van der Waals surface area contributed by atoms with Gasteiger partial charge in [-0.15, -0.1) is 0 Å². The topological polar surface area (TPSA) is 84.9 Å². The molecule has 0 bridgehead atoms. The zero-order valence-electron chi connectivity index (χ0n) is 17.9. The standard InChI is InChI=1S/C20H32ClNO5Si/c1-19(2,3)26-18(25)22-15(17(23)24)16(13-9-11-14(21)12-10-13)27-28(7,8)20(4,5)6/h9-12,15-16H,1-8H3,(H,22,25)(H,23,24). The number of hydrogen-bond donors (Lipinski definition) is 2. The predicted molar refractivity (Wildman–Crippen MR) is 113 cm³/mol. The molecule has 6 nitrogen and oxygen atoms in total. The zero-order chi connectivity index (χ0) is 21.9. The van der Waals surface area contributed by atoms with Crippen LogP contribution in [0.25, 0.3) is 0 Å². The number of alkyl carbamates (subject to hydrolysis) is 1. The molecule has 1 rings (SSSR count). The number of halogens is 1. The van der Waals surface area contributed by atoms with E-state index in [0.29, 0.717) is 10.6 Å². The van der Waals surface area contributed by atoms with Gasteiger partial charge in [0.1, 0.15) is 11.7 Å². The largest absolute Gasteiger partial charge is 0.480 e. The summed E-state index contributed by atoms with van der Waals surface area (Å²) in [7, 11) is -2.36. The van der Waals surface area contributed by atoms with Crippen molar-refractivity contribution in [2.24, 2.45) is 0 Å². The second-order valence-corrected chi connectivity index (χ2v) is 14.5. The summed E-state index contributed by atoms with van der Waals surface area (Å²) in [5.41, 5.74) is -0.124. The molecule has 1 aromatic carbocycles. The van der Waals surface area contributed by atoms with Gasteiger partial charge in [0.25, 0.3) is 0 Å². The Morgan fingerprint density at radius 1 is 1.07 bits per heavy atom. The van der Waals surface area contributed by atoms with Gasteiger partial charge in [-0.05, 0) is 56.6 Å². The fraction of sp³-hybridized carbons (Fsp3) is 0.600. The molecule has 158 valence electrons. The SMILES string of the molecule is CC(C)(C)OC(=O)NC(C(=O)O)C(O[Si](C)(C)C(C)(C)C)c1ccc(Cl)cc1. The third-order valence-electron chi connectivity index (χ3n) is 4.67. The molecule has 0 aromatic heterocycles. The van der Waals surface area contributed by atoms with E-state index in [1.54, 1.807) is 45.0 Å². The Morgan fingerprint density at radius 2 is 1.57 bits per heavy atom. The molecule has 0 saturated carbocycles. The van der Waals surface area contributed by atoms with Gasteiger partial charge in [-0.1, -0.05) is 44.5 Å². The smallest absolute Gasteiger partial charge is 0.408 e. The maximum absolute atomic E-state index is 12.3. The Morgan fingerprint density at radius 3 is 1.96 bits per heavy atom. The molecule has 8 heteroatoms. The van der Waals surface area contributed by atoms with Gasteiger partial charge in [0.15, 0.2) is 14.4 Å². The van der Waals surface area contributed by atoms with Gasteiger partial charge in [-0.25, -0.2) is 9.59 Å². The van der Waals surface area contributed by atoms with E-state index < -0.39 is 38.1 Å². The quantitative estimate of drug-likeness (QED) is 0.593. The van der Waals surface area contributed by atoms with Crippen molar-refractivity contribution in [3.8, 4) is 0 Å². The first-order valence-electron chi connectivity index (χ1n) is 9.19. The number of rotatable bonds is 6. The number of benzene rings is 1. The Kier molecular flexibility index (Phi) is 7.72.